The molecule has 2 aromatic heterocycles. The SMILES string of the molecule is COc1ccc(NCc2c(C)noc2C)cn1. The summed E-state index contributed by atoms with van der Waals surface area (Å²) in [6.07, 6.45) is 1.73. The number of aromatic nitrogens is 2. The summed E-state index contributed by atoms with van der Waals surface area (Å²) < 4.78 is 10.1. The molecule has 0 spiro atoms. The summed E-state index contributed by atoms with van der Waals surface area (Å²) in [7, 11) is 1.60. The molecule has 90 valence electrons. The number of rotatable bonds is 4. The van der Waals surface area contributed by atoms with E-state index in [1.807, 2.05) is 26.0 Å². The maximum atomic E-state index is 5.09. The molecule has 0 bridgehead atoms. The van der Waals surface area contributed by atoms with Gasteiger partial charge in [-0.25, -0.2) is 4.98 Å². The summed E-state index contributed by atoms with van der Waals surface area (Å²) in [5, 5.41) is 7.17. The molecule has 0 fully saturated rings. The zero-order valence-electron chi connectivity index (χ0n) is 10.2. The van der Waals surface area contributed by atoms with Gasteiger partial charge in [0.05, 0.1) is 24.7 Å². The number of nitrogens with zero attached hydrogens (tertiary/aromatic N) is 2. The van der Waals surface area contributed by atoms with E-state index in [9.17, 15) is 0 Å². The lowest BCUT2D eigenvalue weighted by molar-refractivity contribution is 0.392. The molecule has 0 amide bonds. The molecule has 0 saturated carbocycles. The summed E-state index contributed by atoms with van der Waals surface area (Å²) in [5.74, 6) is 1.45. The normalized spacial score (nSPS) is 10.3. The van der Waals surface area contributed by atoms with Crippen LogP contribution in [0.25, 0.3) is 0 Å². The van der Waals surface area contributed by atoms with Crippen molar-refractivity contribution < 1.29 is 9.26 Å². The highest BCUT2D eigenvalue weighted by molar-refractivity contribution is 5.43. The monoisotopic (exact) mass is 233 g/mol. The van der Waals surface area contributed by atoms with Gasteiger partial charge >= 0.3 is 0 Å². The molecule has 2 aromatic rings. The van der Waals surface area contributed by atoms with Gasteiger partial charge in [0.25, 0.3) is 0 Å². The van der Waals surface area contributed by atoms with Gasteiger partial charge in [0.1, 0.15) is 5.76 Å². The third kappa shape index (κ3) is 2.55. The zero-order valence-corrected chi connectivity index (χ0v) is 10.2. The van der Waals surface area contributed by atoms with Gasteiger partial charge in [0, 0.05) is 18.2 Å². The smallest absolute Gasteiger partial charge is 0.213 e. The van der Waals surface area contributed by atoms with Gasteiger partial charge in [-0.2, -0.15) is 0 Å². The van der Waals surface area contributed by atoms with Gasteiger partial charge in [-0.05, 0) is 19.9 Å². The van der Waals surface area contributed by atoms with Crippen molar-refractivity contribution in [3.05, 3.63) is 35.3 Å². The average Bonchev–Trinajstić information content (AvgIpc) is 2.67. The van der Waals surface area contributed by atoms with Crippen LogP contribution in [0.2, 0.25) is 0 Å². The maximum absolute atomic E-state index is 5.09. The lowest BCUT2D eigenvalue weighted by atomic mass is 10.2. The minimum absolute atomic E-state index is 0.605. The number of anilines is 1. The Bertz CT molecular complexity index is 471. The largest absolute Gasteiger partial charge is 0.481 e. The Labute approximate surface area is 99.8 Å². The van der Waals surface area contributed by atoms with E-state index in [4.69, 9.17) is 9.26 Å². The molecule has 0 aromatic carbocycles. The lowest BCUT2D eigenvalue weighted by Gasteiger charge is -2.06. The highest BCUT2D eigenvalue weighted by Gasteiger charge is 2.08. The van der Waals surface area contributed by atoms with E-state index in [2.05, 4.69) is 15.5 Å². The second kappa shape index (κ2) is 4.86. The van der Waals surface area contributed by atoms with Crippen LogP contribution in [-0.2, 0) is 6.54 Å². The molecule has 0 aliphatic heterocycles. The van der Waals surface area contributed by atoms with Crippen molar-refractivity contribution in [3.8, 4) is 5.88 Å². The predicted octanol–water partition coefficient (Wildman–Crippen LogP) is 2.31. The fourth-order valence-electron chi connectivity index (χ4n) is 1.55. The van der Waals surface area contributed by atoms with Crippen LogP contribution in [-0.4, -0.2) is 17.3 Å². The standard InChI is InChI=1S/C12H15N3O2/c1-8-11(9(2)17-15-8)7-13-10-4-5-12(16-3)14-6-10/h4-6,13H,7H2,1-3H3. The van der Waals surface area contributed by atoms with Crippen molar-refractivity contribution in [2.45, 2.75) is 20.4 Å². The topological polar surface area (TPSA) is 60.2 Å². The first-order valence-corrected chi connectivity index (χ1v) is 5.36. The minimum Gasteiger partial charge on any atom is -0.481 e. The average molecular weight is 233 g/mol. The lowest BCUT2D eigenvalue weighted by Crippen LogP contribution is -2.01. The van der Waals surface area contributed by atoms with Crippen LogP contribution in [0.1, 0.15) is 17.0 Å². The molecule has 2 rings (SSSR count). The van der Waals surface area contributed by atoms with Crippen LogP contribution in [0, 0.1) is 13.8 Å². The van der Waals surface area contributed by atoms with Crippen LogP contribution < -0.4 is 10.1 Å². The Morgan fingerprint density at radius 1 is 1.35 bits per heavy atom. The molecule has 0 aliphatic rings. The molecule has 0 atom stereocenters. The molecule has 0 aliphatic carbocycles. The predicted molar refractivity (Wildman–Crippen MR) is 64.1 cm³/mol. The highest BCUT2D eigenvalue weighted by atomic mass is 16.5. The fourth-order valence-corrected chi connectivity index (χ4v) is 1.55. The number of hydrogen-bond donors (Lipinski definition) is 1. The van der Waals surface area contributed by atoms with Crippen LogP contribution >= 0.6 is 0 Å². The first-order chi connectivity index (χ1) is 8.20. The van der Waals surface area contributed by atoms with Crippen molar-refractivity contribution >= 4 is 5.69 Å². The van der Waals surface area contributed by atoms with Gasteiger partial charge in [-0.1, -0.05) is 5.16 Å². The van der Waals surface area contributed by atoms with Crippen LogP contribution in [0.5, 0.6) is 5.88 Å². The van der Waals surface area contributed by atoms with E-state index in [1.165, 1.54) is 0 Å². The van der Waals surface area contributed by atoms with E-state index < -0.39 is 0 Å². The Morgan fingerprint density at radius 2 is 2.18 bits per heavy atom. The van der Waals surface area contributed by atoms with Gasteiger partial charge in [0.15, 0.2) is 0 Å². The van der Waals surface area contributed by atoms with Crippen LogP contribution in [0.3, 0.4) is 0 Å². The molecule has 5 nitrogen and oxygen atoms in total. The molecule has 0 radical (unpaired) electrons. The summed E-state index contributed by atoms with van der Waals surface area (Å²) in [6, 6.07) is 3.74. The van der Waals surface area contributed by atoms with E-state index in [0.29, 0.717) is 12.4 Å². The molecular weight excluding hydrogens is 218 g/mol. The first-order valence-electron chi connectivity index (χ1n) is 5.36. The Hall–Kier alpha value is -2.04. The van der Waals surface area contributed by atoms with E-state index in [-0.39, 0.29) is 0 Å². The number of hydrogen-bond acceptors (Lipinski definition) is 5. The maximum Gasteiger partial charge on any atom is 0.213 e. The van der Waals surface area contributed by atoms with Crippen molar-refractivity contribution in [2.75, 3.05) is 12.4 Å². The van der Waals surface area contributed by atoms with Crippen LogP contribution in [0.4, 0.5) is 5.69 Å². The second-order valence-electron chi connectivity index (χ2n) is 3.75. The molecule has 17 heavy (non-hydrogen) atoms. The van der Waals surface area contributed by atoms with Crippen molar-refractivity contribution in [3.63, 3.8) is 0 Å². The van der Waals surface area contributed by atoms with Crippen molar-refractivity contribution in [2.24, 2.45) is 0 Å². The van der Waals surface area contributed by atoms with Gasteiger partial charge in [-0.15, -0.1) is 0 Å². The van der Waals surface area contributed by atoms with E-state index in [0.717, 1.165) is 22.7 Å². The molecule has 0 unspecified atom stereocenters. The van der Waals surface area contributed by atoms with Crippen molar-refractivity contribution in [1.82, 2.24) is 10.1 Å². The summed E-state index contributed by atoms with van der Waals surface area (Å²) in [5.41, 5.74) is 2.93. The third-order valence-electron chi connectivity index (χ3n) is 2.60. The quantitative estimate of drug-likeness (QED) is 0.878. The van der Waals surface area contributed by atoms with Gasteiger partial charge in [-0.3, -0.25) is 0 Å². The number of nitrogens with one attached hydrogen (secondary N) is 1. The Morgan fingerprint density at radius 3 is 2.71 bits per heavy atom. The Balaban J connectivity index is 2.02. The highest BCUT2D eigenvalue weighted by Crippen LogP contribution is 2.16. The van der Waals surface area contributed by atoms with Gasteiger partial charge in [0.2, 0.25) is 5.88 Å². The molecule has 2 heterocycles. The minimum atomic E-state index is 0.605. The summed E-state index contributed by atoms with van der Waals surface area (Å²) in [4.78, 5) is 4.12. The summed E-state index contributed by atoms with van der Waals surface area (Å²) >= 11 is 0. The van der Waals surface area contributed by atoms with Crippen LogP contribution in [0.15, 0.2) is 22.9 Å². The number of methoxy groups -OCH3 is 1. The Kier molecular flexibility index (Phi) is 3.27. The number of aryl methyl sites for hydroxylation is 2. The van der Waals surface area contributed by atoms with Gasteiger partial charge < -0.3 is 14.6 Å². The van der Waals surface area contributed by atoms with Crippen molar-refractivity contribution in [1.29, 1.82) is 0 Å². The zero-order chi connectivity index (χ0) is 12.3. The molecule has 0 saturated heterocycles. The number of pyridine rings is 1. The molecule has 5 heteroatoms. The van der Waals surface area contributed by atoms with E-state index >= 15 is 0 Å². The first kappa shape index (κ1) is 11.4. The second-order valence-corrected chi connectivity index (χ2v) is 3.75. The molecular formula is C12H15N3O2. The molecule has 1 N–H and O–H groups in total. The summed E-state index contributed by atoms with van der Waals surface area (Å²) in [6.45, 7) is 4.51. The fraction of sp³-hybridized carbons (Fsp3) is 0.333. The van der Waals surface area contributed by atoms with E-state index in [1.54, 1.807) is 13.3 Å². The number of ether oxygens (including phenoxy) is 1. The third-order valence-corrected chi connectivity index (χ3v) is 2.60.